The highest BCUT2D eigenvalue weighted by molar-refractivity contribution is 4.85. The fourth-order valence-corrected chi connectivity index (χ4v) is 1.44. The zero-order valence-corrected chi connectivity index (χ0v) is 6.29. The van der Waals surface area contributed by atoms with Crippen LogP contribution in [0.25, 0.3) is 0 Å². The van der Waals surface area contributed by atoms with Crippen molar-refractivity contribution in [3.63, 3.8) is 0 Å². The third kappa shape index (κ3) is 1.48. The van der Waals surface area contributed by atoms with Crippen molar-refractivity contribution in [2.75, 3.05) is 7.11 Å². The molecule has 0 aromatic carbocycles. The van der Waals surface area contributed by atoms with Crippen LogP contribution >= 0.6 is 0 Å². The second-order valence-corrected chi connectivity index (χ2v) is 2.85. The van der Waals surface area contributed by atoms with E-state index in [-0.39, 0.29) is 18.2 Å². The first kappa shape index (κ1) is 7.98. The predicted molar refractivity (Wildman–Crippen MR) is 38.6 cm³/mol. The Hall–Kier alpha value is -0.120. The summed E-state index contributed by atoms with van der Waals surface area (Å²) in [6.07, 6.45) is 2.52. The fraction of sp³-hybridized carbons (Fsp3) is 1.00. The smallest absolute Gasteiger partial charge is 0.0747 e. The van der Waals surface area contributed by atoms with E-state index in [4.69, 9.17) is 10.5 Å². The molecule has 0 amide bonds. The number of nitrogens with two attached hydrogens (primary N) is 1. The molecule has 0 aromatic rings. The topological polar surface area (TPSA) is 55.5 Å². The summed E-state index contributed by atoms with van der Waals surface area (Å²) in [5.41, 5.74) is 5.66. The van der Waals surface area contributed by atoms with Gasteiger partial charge in [-0.25, -0.2) is 0 Å². The van der Waals surface area contributed by atoms with Crippen molar-refractivity contribution in [2.45, 2.75) is 37.5 Å². The summed E-state index contributed by atoms with van der Waals surface area (Å²) < 4.78 is 5.09. The van der Waals surface area contributed by atoms with E-state index in [1.54, 1.807) is 7.11 Å². The first-order valence-electron chi connectivity index (χ1n) is 3.72. The van der Waals surface area contributed by atoms with Gasteiger partial charge in [0, 0.05) is 7.11 Å². The van der Waals surface area contributed by atoms with Crippen LogP contribution in [0.4, 0.5) is 0 Å². The molecule has 0 saturated heterocycles. The van der Waals surface area contributed by atoms with Gasteiger partial charge in [-0.05, 0) is 19.3 Å². The monoisotopic (exact) mass is 145 g/mol. The Morgan fingerprint density at radius 3 is 2.70 bits per heavy atom. The summed E-state index contributed by atoms with van der Waals surface area (Å²) >= 11 is 0. The Kier molecular flexibility index (Phi) is 2.65. The number of ether oxygens (including phenoxy) is 1. The van der Waals surface area contributed by atoms with E-state index >= 15 is 0 Å². The van der Waals surface area contributed by atoms with Gasteiger partial charge in [-0.3, -0.25) is 0 Å². The summed E-state index contributed by atoms with van der Waals surface area (Å²) in [4.78, 5) is 0. The number of methoxy groups -OCH3 is 1. The molecule has 3 atom stereocenters. The zero-order chi connectivity index (χ0) is 7.56. The molecule has 3 N–H and O–H groups in total. The maximum Gasteiger partial charge on any atom is 0.0747 e. The molecule has 3 heteroatoms. The molecule has 60 valence electrons. The normalized spacial score (nSPS) is 41.7. The second-order valence-electron chi connectivity index (χ2n) is 2.85. The van der Waals surface area contributed by atoms with Crippen LogP contribution in [0.2, 0.25) is 0 Å². The van der Waals surface area contributed by atoms with E-state index in [0.29, 0.717) is 0 Å². The van der Waals surface area contributed by atoms with Crippen molar-refractivity contribution in [3.05, 3.63) is 0 Å². The quantitative estimate of drug-likeness (QED) is 0.540. The Morgan fingerprint density at radius 2 is 2.20 bits per heavy atom. The third-order valence-corrected chi connectivity index (χ3v) is 2.16. The van der Waals surface area contributed by atoms with Crippen LogP contribution in [0.5, 0.6) is 0 Å². The van der Waals surface area contributed by atoms with E-state index in [1.807, 2.05) is 0 Å². The lowest BCUT2D eigenvalue weighted by atomic mass is 9.90. The standard InChI is InChI=1S/C7H15NO2/c1-10-6-4-2-3-5(9)7(6)8/h5-7,9H,2-4,8H2,1H3/t5-,6+,7-/m1/s1. The van der Waals surface area contributed by atoms with Crippen molar-refractivity contribution in [3.8, 4) is 0 Å². The van der Waals surface area contributed by atoms with Gasteiger partial charge in [0.2, 0.25) is 0 Å². The molecule has 0 heterocycles. The van der Waals surface area contributed by atoms with Gasteiger partial charge in [-0.15, -0.1) is 0 Å². The van der Waals surface area contributed by atoms with Crippen molar-refractivity contribution >= 4 is 0 Å². The van der Waals surface area contributed by atoms with Crippen molar-refractivity contribution < 1.29 is 9.84 Å². The van der Waals surface area contributed by atoms with E-state index in [0.717, 1.165) is 19.3 Å². The average molecular weight is 145 g/mol. The average Bonchev–Trinajstić information content (AvgIpc) is 1.95. The van der Waals surface area contributed by atoms with Crippen LogP contribution in [-0.2, 0) is 4.74 Å². The molecule has 1 aliphatic rings. The molecular formula is C7H15NO2. The van der Waals surface area contributed by atoms with Gasteiger partial charge >= 0.3 is 0 Å². The van der Waals surface area contributed by atoms with Gasteiger partial charge in [-0.2, -0.15) is 0 Å². The van der Waals surface area contributed by atoms with Gasteiger partial charge in [0.15, 0.2) is 0 Å². The van der Waals surface area contributed by atoms with E-state index in [1.165, 1.54) is 0 Å². The summed E-state index contributed by atoms with van der Waals surface area (Å²) in [7, 11) is 1.64. The molecule has 10 heavy (non-hydrogen) atoms. The minimum Gasteiger partial charge on any atom is -0.391 e. The highest BCUT2D eigenvalue weighted by Crippen LogP contribution is 2.19. The summed E-state index contributed by atoms with van der Waals surface area (Å²) in [5, 5.41) is 9.27. The van der Waals surface area contributed by atoms with Crippen LogP contribution < -0.4 is 5.73 Å². The largest absolute Gasteiger partial charge is 0.391 e. The lowest BCUT2D eigenvalue weighted by molar-refractivity contribution is -0.00854. The molecule has 1 saturated carbocycles. The minimum absolute atomic E-state index is 0.0590. The summed E-state index contributed by atoms with van der Waals surface area (Å²) in [6, 6.07) is -0.182. The molecule has 1 aliphatic carbocycles. The highest BCUT2D eigenvalue weighted by atomic mass is 16.5. The third-order valence-electron chi connectivity index (χ3n) is 2.16. The van der Waals surface area contributed by atoms with Gasteiger partial charge in [0.25, 0.3) is 0 Å². The Morgan fingerprint density at radius 1 is 1.50 bits per heavy atom. The lowest BCUT2D eigenvalue weighted by Gasteiger charge is -2.31. The number of rotatable bonds is 1. The van der Waals surface area contributed by atoms with E-state index in [9.17, 15) is 5.11 Å². The van der Waals surface area contributed by atoms with Crippen molar-refractivity contribution in [1.29, 1.82) is 0 Å². The second kappa shape index (κ2) is 3.32. The summed E-state index contributed by atoms with van der Waals surface area (Å²) in [5.74, 6) is 0. The Balaban J connectivity index is 2.42. The van der Waals surface area contributed by atoms with Crippen LogP contribution in [0.15, 0.2) is 0 Å². The van der Waals surface area contributed by atoms with Crippen molar-refractivity contribution in [1.82, 2.24) is 0 Å². The Labute approximate surface area is 61.2 Å². The molecule has 0 bridgehead atoms. The highest BCUT2D eigenvalue weighted by Gasteiger charge is 2.28. The number of aliphatic hydroxyl groups is 1. The molecule has 1 fully saturated rings. The van der Waals surface area contributed by atoms with Gasteiger partial charge in [0.05, 0.1) is 18.2 Å². The predicted octanol–water partition coefficient (Wildman–Crippen LogP) is -0.126. The molecule has 3 nitrogen and oxygen atoms in total. The van der Waals surface area contributed by atoms with Crippen LogP contribution in [0.3, 0.4) is 0 Å². The molecule has 0 aromatic heterocycles. The van der Waals surface area contributed by atoms with Gasteiger partial charge in [-0.1, -0.05) is 0 Å². The first-order chi connectivity index (χ1) is 4.75. The fourth-order valence-electron chi connectivity index (χ4n) is 1.44. The maximum atomic E-state index is 9.27. The van der Waals surface area contributed by atoms with Gasteiger partial charge < -0.3 is 15.6 Å². The molecule has 0 spiro atoms. The number of aliphatic hydroxyl groups excluding tert-OH is 1. The molecule has 0 radical (unpaired) electrons. The number of hydrogen-bond donors (Lipinski definition) is 2. The SMILES string of the molecule is CO[C@H]1CCC[C@@H](O)[C@H]1N. The van der Waals surface area contributed by atoms with Crippen molar-refractivity contribution in [2.24, 2.45) is 5.73 Å². The molecular weight excluding hydrogens is 130 g/mol. The maximum absolute atomic E-state index is 9.27. The first-order valence-corrected chi connectivity index (χ1v) is 3.72. The molecule has 0 aliphatic heterocycles. The van der Waals surface area contributed by atoms with E-state index < -0.39 is 0 Å². The van der Waals surface area contributed by atoms with Crippen LogP contribution in [-0.4, -0.2) is 30.5 Å². The number of hydrogen-bond acceptors (Lipinski definition) is 3. The molecule has 1 rings (SSSR count). The zero-order valence-electron chi connectivity index (χ0n) is 6.29. The minimum atomic E-state index is -0.362. The van der Waals surface area contributed by atoms with Crippen LogP contribution in [0, 0.1) is 0 Å². The Bertz CT molecular complexity index is 108. The van der Waals surface area contributed by atoms with E-state index in [2.05, 4.69) is 0 Å². The lowest BCUT2D eigenvalue weighted by Crippen LogP contribution is -2.48. The summed E-state index contributed by atoms with van der Waals surface area (Å²) in [6.45, 7) is 0. The van der Waals surface area contributed by atoms with Gasteiger partial charge in [0.1, 0.15) is 0 Å². The van der Waals surface area contributed by atoms with Crippen LogP contribution in [0.1, 0.15) is 19.3 Å². The molecule has 0 unspecified atom stereocenters.